The molecular formula is C29H37FN2O2. The number of fused-ring (bicyclic) bond motifs is 1. The zero-order valence-electron chi connectivity index (χ0n) is 20.0. The third-order valence-corrected chi connectivity index (χ3v) is 8.22. The first-order chi connectivity index (χ1) is 16.7. The highest BCUT2D eigenvalue weighted by molar-refractivity contribution is 5.81. The molecule has 1 N–H and O–H groups in total. The molecule has 2 aliphatic rings. The Morgan fingerprint density at radius 3 is 2.71 bits per heavy atom. The van der Waals surface area contributed by atoms with Crippen molar-refractivity contribution in [1.29, 1.82) is 0 Å². The summed E-state index contributed by atoms with van der Waals surface area (Å²) in [6.45, 7) is 3.05. The number of aliphatic hydroxyl groups is 1. The van der Waals surface area contributed by atoms with Gasteiger partial charge in [-0.3, -0.25) is 4.98 Å². The van der Waals surface area contributed by atoms with Crippen molar-refractivity contribution in [3.8, 4) is 0 Å². The third-order valence-electron chi connectivity index (χ3n) is 8.22. The molecule has 2 fully saturated rings. The molecule has 3 unspecified atom stereocenters. The summed E-state index contributed by atoms with van der Waals surface area (Å²) >= 11 is 0. The minimum absolute atomic E-state index is 0.0863. The van der Waals surface area contributed by atoms with Crippen molar-refractivity contribution in [3.63, 3.8) is 0 Å². The first-order valence-corrected chi connectivity index (χ1v) is 13.2. The number of nitrogens with zero attached hydrogens (tertiary/aromatic N) is 2. The molecule has 3 atom stereocenters. The molecule has 5 rings (SSSR count). The molecule has 0 bridgehead atoms. The van der Waals surface area contributed by atoms with Crippen LogP contribution in [0.5, 0.6) is 0 Å². The molecule has 1 saturated heterocycles. The molecule has 1 aliphatic carbocycles. The lowest BCUT2D eigenvalue weighted by Crippen LogP contribution is -2.33. The average Bonchev–Trinajstić information content (AvgIpc) is 3.27. The molecule has 0 radical (unpaired) electrons. The lowest BCUT2D eigenvalue weighted by Gasteiger charge is -2.33. The van der Waals surface area contributed by atoms with Gasteiger partial charge in [-0.2, -0.15) is 0 Å². The Morgan fingerprint density at radius 2 is 1.88 bits per heavy atom. The molecule has 0 spiro atoms. The van der Waals surface area contributed by atoms with E-state index in [4.69, 9.17) is 4.42 Å². The predicted molar refractivity (Wildman–Crippen MR) is 133 cm³/mol. The first-order valence-electron chi connectivity index (χ1n) is 13.2. The number of halogens is 1. The Labute approximate surface area is 202 Å². The lowest BCUT2D eigenvalue weighted by molar-refractivity contribution is 0.0527. The summed E-state index contributed by atoms with van der Waals surface area (Å²) in [5.74, 6) is 0.658. The zero-order valence-corrected chi connectivity index (χ0v) is 20.0. The highest BCUT2D eigenvalue weighted by Crippen LogP contribution is 2.37. The third kappa shape index (κ3) is 5.21. The Kier molecular flexibility index (Phi) is 7.60. The van der Waals surface area contributed by atoms with Gasteiger partial charge in [-0.25, -0.2) is 4.39 Å². The van der Waals surface area contributed by atoms with Crippen molar-refractivity contribution < 1.29 is 13.9 Å². The number of likely N-dealkylation sites (tertiary alicyclic amines) is 1. The van der Waals surface area contributed by atoms with E-state index in [1.807, 2.05) is 24.4 Å². The molecule has 3 aromatic rings. The van der Waals surface area contributed by atoms with E-state index in [1.165, 1.54) is 19.3 Å². The maximum absolute atomic E-state index is 14.1. The monoisotopic (exact) mass is 464 g/mol. The van der Waals surface area contributed by atoms with E-state index in [-0.39, 0.29) is 17.8 Å². The number of hydrogen-bond donors (Lipinski definition) is 1. The molecule has 2 aromatic heterocycles. The van der Waals surface area contributed by atoms with Gasteiger partial charge >= 0.3 is 0 Å². The minimum atomic E-state index is -0.318. The Hall–Kier alpha value is -2.24. The molecule has 1 aromatic carbocycles. The fourth-order valence-corrected chi connectivity index (χ4v) is 6.28. The fraction of sp³-hybridized carbons (Fsp3) is 0.552. The van der Waals surface area contributed by atoms with Crippen LogP contribution in [0.4, 0.5) is 4.39 Å². The molecule has 4 nitrogen and oxygen atoms in total. The second kappa shape index (κ2) is 11.0. The molecule has 5 heteroatoms. The van der Waals surface area contributed by atoms with Crippen molar-refractivity contribution in [2.45, 2.75) is 75.7 Å². The summed E-state index contributed by atoms with van der Waals surface area (Å²) in [4.78, 5) is 7.19. The molecule has 1 saturated carbocycles. The van der Waals surface area contributed by atoms with Crippen LogP contribution in [0, 0.1) is 11.7 Å². The smallest absolute Gasteiger partial charge is 0.140 e. The van der Waals surface area contributed by atoms with Gasteiger partial charge in [0.1, 0.15) is 11.4 Å². The standard InChI is InChI=1S/C29H37FN2O2/c30-26-12-11-23(29-24(26)15-20-34-29)21-9-6-17-32(18-13-21)19-14-25(27-10-4-5-16-31-27)28(33)22-7-2-1-3-8-22/h4-5,10-12,15-16,20-22,25,28,33H,1-3,6-9,13-14,17-19H2. The second-order valence-electron chi connectivity index (χ2n) is 10.3. The van der Waals surface area contributed by atoms with E-state index < -0.39 is 0 Å². The number of furan rings is 1. The van der Waals surface area contributed by atoms with Crippen LogP contribution < -0.4 is 0 Å². The van der Waals surface area contributed by atoms with Crippen LogP contribution in [0.15, 0.2) is 53.3 Å². The number of aliphatic hydroxyl groups excluding tert-OH is 1. The van der Waals surface area contributed by atoms with E-state index in [2.05, 4.69) is 16.0 Å². The summed E-state index contributed by atoms with van der Waals surface area (Å²) in [6, 6.07) is 11.3. The second-order valence-corrected chi connectivity index (χ2v) is 10.3. The van der Waals surface area contributed by atoms with Crippen LogP contribution in [-0.4, -0.2) is 40.7 Å². The first kappa shape index (κ1) is 23.5. The summed E-state index contributed by atoms with van der Waals surface area (Å²) < 4.78 is 19.8. The molecule has 3 heterocycles. The van der Waals surface area contributed by atoms with Gasteiger partial charge in [0.2, 0.25) is 0 Å². The largest absolute Gasteiger partial charge is 0.464 e. The molecular weight excluding hydrogens is 427 g/mol. The highest BCUT2D eigenvalue weighted by atomic mass is 19.1. The van der Waals surface area contributed by atoms with Crippen LogP contribution in [0.25, 0.3) is 11.0 Å². The Balaban J connectivity index is 1.24. The predicted octanol–water partition coefficient (Wildman–Crippen LogP) is 6.65. The molecule has 34 heavy (non-hydrogen) atoms. The average molecular weight is 465 g/mol. The van der Waals surface area contributed by atoms with E-state index in [1.54, 1.807) is 18.4 Å². The van der Waals surface area contributed by atoms with Gasteiger partial charge in [0.15, 0.2) is 0 Å². The van der Waals surface area contributed by atoms with Gasteiger partial charge in [-0.05, 0) is 99.8 Å². The summed E-state index contributed by atoms with van der Waals surface area (Å²) in [5.41, 5.74) is 2.88. The normalized spacial score (nSPS) is 22.5. The van der Waals surface area contributed by atoms with Crippen molar-refractivity contribution in [2.75, 3.05) is 19.6 Å². The number of hydrogen-bond acceptors (Lipinski definition) is 4. The Morgan fingerprint density at radius 1 is 1.00 bits per heavy atom. The number of aromatic nitrogens is 1. The van der Waals surface area contributed by atoms with Crippen LogP contribution in [0.3, 0.4) is 0 Å². The summed E-state index contributed by atoms with van der Waals surface area (Å²) in [6.07, 6.45) is 13.3. The number of pyridine rings is 1. The highest BCUT2D eigenvalue weighted by Gasteiger charge is 2.31. The van der Waals surface area contributed by atoms with Crippen LogP contribution >= 0.6 is 0 Å². The maximum Gasteiger partial charge on any atom is 0.140 e. The number of rotatable bonds is 7. The van der Waals surface area contributed by atoms with Crippen molar-refractivity contribution in [2.24, 2.45) is 5.92 Å². The van der Waals surface area contributed by atoms with Crippen molar-refractivity contribution in [3.05, 3.63) is 65.9 Å². The molecule has 1 aliphatic heterocycles. The van der Waals surface area contributed by atoms with Gasteiger partial charge in [0.05, 0.1) is 17.8 Å². The van der Waals surface area contributed by atoms with Gasteiger partial charge < -0.3 is 14.4 Å². The number of benzene rings is 1. The zero-order chi connectivity index (χ0) is 23.3. The van der Waals surface area contributed by atoms with E-state index in [0.717, 1.165) is 69.4 Å². The SMILES string of the molecule is OC(C1CCCCC1)C(CCN1CCCC(c2ccc(F)c3ccoc23)CC1)c1ccccn1. The topological polar surface area (TPSA) is 49.5 Å². The molecule has 0 amide bonds. The lowest BCUT2D eigenvalue weighted by atomic mass is 9.78. The van der Waals surface area contributed by atoms with Gasteiger partial charge in [-0.1, -0.05) is 31.4 Å². The van der Waals surface area contributed by atoms with Crippen LogP contribution in [0.1, 0.15) is 80.9 Å². The van der Waals surface area contributed by atoms with Gasteiger partial charge in [0.25, 0.3) is 0 Å². The fourth-order valence-electron chi connectivity index (χ4n) is 6.28. The van der Waals surface area contributed by atoms with E-state index >= 15 is 0 Å². The van der Waals surface area contributed by atoms with Crippen molar-refractivity contribution in [1.82, 2.24) is 9.88 Å². The van der Waals surface area contributed by atoms with Crippen LogP contribution in [0.2, 0.25) is 0 Å². The van der Waals surface area contributed by atoms with E-state index in [0.29, 0.717) is 22.8 Å². The van der Waals surface area contributed by atoms with Gasteiger partial charge in [0, 0.05) is 17.8 Å². The molecule has 182 valence electrons. The maximum atomic E-state index is 14.1. The Bertz CT molecular complexity index is 1050. The minimum Gasteiger partial charge on any atom is -0.464 e. The van der Waals surface area contributed by atoms with E-state index in [9.17, 15) is 9.50 Å². The summed E-state index contributed by atoms with van der Waals surface area (Å²) in [5, 5.41) is 12.0. The quantitative estimate of drug-likeness (QED) is 0.425. The van der Waals surface area contributed by atoms with Crippen molar-refractivity contribution >= 4 is 11.0 Å². The van der Waals surface area contributed by atoms with Gasteiger partial charge in [-0.15, -0.1) is 0 Å². The summed E-state index contributed by atoms with van der Waals surface area (Å²) in [7, 11) is 0. The van der Waals surface area contributed by atoms with Crippen LogP contribution in [-0.2, 0) is 0 Å².